The highest BCUT2D eigenvalue weighted by molar-refractivity contribution is 5.76. The Labute approximate surface area is 224 Å². The molecule has 8 heteroatoms. The summed E-state index contributed by atoms with van der Waals surface area (Å²) in [4.78, 5) is 19.2. The first-order valence-electron chi connectivity index (χ1n) is 14.1. The highest BCUT2D eigenvalue weighted by Gasteiger charge is 2.37. The molecule has 0 bridgehead atoms. The Balaban J connectivity index is 1.13. The number of hydrogen-bond donors (Lipinski definition) is 1. The minimum absolute atomic E-state index is 0.0291. The lowest BCUT2D eigenvalue weighted by Gasteiger charge is -2.28. The van der Waals surface area contributed by atoms with Crippen molar-refractivity contribution in [3.05, 3.63) is 58.2 Å². The van der Waals surface area contributed by atoms with Gasteiger partial charge in [0.05, 0.1) is 19.3 Å². The quantitative estimate of drug-likeness (QED) is 0.403. The van der Waals surface area contributed by atoms with Crippen LogP contribution < -0.4 is 4.74 Å². The summed E-state index contributed by atoms with van der Waals surface area (Å²) in [7, 11) is 1.74. The number of ether oxygens (including phenoxy) is 3. The number of carbonyl (C=O) groups is 1. The van der Waals surface area contributed by atoms with Gasteiger partial charge in [-0.1, -0.05) is 6.07 Å². The van der Waals surface area contributed by atoms with Crippen LogP contribution in [0.1, 0.15) is 85.2 Å². The number of fused-ring (bicyclic) bond motifs is 1. The van der Waals surface area contributed by atoms with Crippen LogP contribution in [0.25, 0.3) is 0 Å². The van der Waals surface area contributed by atoms with Gasteiger partial charge in [0.2, 0.25) is 0 Å². The zero-order valence-corrected chi connectivity index (χ0v) is 22.3. The molecule has 3 atom stereocenters. The molecular weight excluding hydrogens is 487 g/mol. The zero-order valence-electron chi connectivity index (χ0n) is 22.3. The smallest absolute Gasteiger partial charge is 0.325 e. The first kappa shape index (κ1) is 27.0. The number of nitrogens with zero attached hydrogens (tertiary/aromatic N) is 2. The standard InChI is InChI=1S/C30H39FN2O5/c1-36-28-18-21(32-26-9-3-2-8-24(26)28)7-4-5-15-37-22-13-14-33(19-22)29(30(34)35)25-17-20(31)11-12-23(25)27-10-6-16-38-27/h11-12,17-18,22,27,29H,2-10,13-16,19H2,1H3,(H,34,35)/t22-,27?,29?/m1/s1. The van der Waals surface area contributed by atoms with Crippen molar-refractivity contribution in [2.24, 2.45) is 0 Å². The average Bonchev–Trinajstić information content (AvgIpc) is 3.61. The van der Waals surface area contributed by atoms with Crippen molar-refractivity contribution in [3.63, 3.8) is 0 Å². The minimum Gasteiger partial charge on any atom is -0.496 e. The lowest BCUT2D eigenvalue weighted by Crippen LogP contribution is -2.34. The highest BCUT2D eigenvalue weighted by Crippen LogP contribution is 2.37. The van der Waals surface area contributed by atoms with E-state index in [4.69, 9.17) is 19.2 Å². The number of hydrogen-bond acceptors (Lipinski definition) is 6. The number of pyridine rings is 1. The molecule has 3 aliphatic rings. The van der Waals surface area contributed by atoms with Crippen LogP contribution in [0.5, 0.6) is 5.75 Å². The Morgan fingerprint density at radius 1 is 1.21 bits per heavy atom. The van der Waals surface area contributed by atoms with Gasteiger partial charge in [-0.2, -0.15) is 0 Å². The molecule has 2 fully saturated rings. The molecule has 7 nitrogen and oxygen atoms in total. The maximum Gasteiger partial charge on any atom is 0.325 e. The number of carboxylic acids is 1. The van der Waals surface area contributed by atoms with Crippen LogP contribution >= 0.6 is 0 Å². The van der Waals surface area contributed by atoms with Gasteiger partial charge in [0.25, 0.3) is 0 Å². The van der Waals surface area contributed by atoms with Gasteiger partial charge in [-0.15, -0.1) is 0 Å². The fourth-order valence-electron chi connectivity index (χ4n) is 6.20. The van der Waals surface area contributed by atoms with E-state index >= 15 is 0 Å². The molecule has 2 aliphatic heterocycles. The number of rotatable bonds is 11. The van der Waals surface area contributed by atoms with E-state index in [0.717, 1.165) is 68.4 Å². The number of aryl methyl sites for hydroxylation is 2. The number of halogens is 1. The fraction of sp³-hybridized carbons (Fsp3) is 0.600. The van der Waals surface area contributed by atoms with Crippen LogP contribution in [0.2, 0.25) is 0 Å². The van der Waals surface area contributed by atoms with Gasteiger partial charge in [-0.25, -0.2) is 4.39 Å². The molecule has 0 amide bonds. The normalized spacial score (nSPS) is 22.4. The van der Waals surface area contributed by atoms with Gasteiger partial charge in [0.15, 0.2) is 0 Å². The second kappa shape index (κ2) is 12.5. The van der Waals surface area contributed by atoms with E-state index in [9.17, 15) is 14.3 Å². The van der Waals surface area contributed by atoms with Crippen molar-refractivity contribution < 1.29 is 28.5 Å². The number of aliphatic carboxylic acids is 1. The molecule has 38 heavy (non-hydrogen) atoms. The Morgan fingerprint density at radius 2 is 2.08 bits per heavy atom. The average molecular weight is 527 g/mol. The number of carboxylic acid groups (broad SMARTS) is 1. The van der Waals surface area contributed by atoms with Crippen molar-refractivity contribution in [1.29, 1.82) is 0 Å². The molecule has 1 aromatic carbocycles. The van der Waals surface area contributed by atoms with Crippen molar-refractivity contribution in [3.8, 4) is 5.75 Å². The summed E-state index contributed by atoms with van der Waals surface area (Å²) in [6.45, 7) is 2.39. The van der Waals surface area contributed by atoms with Crippen LogP contribution in [-0.2, 0) is 33.5 Å². The molecule has 206 valence electrons. The predicted octanol–water partition coefficient (Wildman–Crippen LogP) is 5.20. The molecule has 3 heterocycles. The molecule has 1 aliphatic carbocycles. The van der Waals surface area contributed by atoms with E-state index in [2.05, 4.69) is 6.07 Å². The van der Waals surface area contributed by atoms with E-state index < -0.39 is 17.8 Å². The molecule has 2 unspecified atom stereocenters. The molecule has 2 aromatic rings. The van der Waals surface area contributed by atoms with Gasteiger partial charge in [-0.05, 0) is 87.5 Å². The summed E-state index contributed by atoms with van der Waals surface area (Å²) < 4.78 is 31.8. The molecular formula is C30H39FN2O5. The van der Waals surface area contributed by atoms with E-state index in [0.29, 0.717) is 31.9 Å². The number of benzene rings is 1. The van der Waals surface area contributed by atoms with Crippen molar-refractivity contribution in [1.82, 2.24) is 9.88 Å². The molecule has 5 rings (SSSR count). The Morgan fingerprint density at radius 3 is 2.87 bits per heavy atom. The Bertz CT molecular complexity index is 1100. The SMILES string of the molecule is COc1cc(CCCCO[C@@H]2CCN(C(C(=O)O)c3cc(F)ccc3C3CCCO3)C2)nc2c1CCCC2. The van der Waals surface area contributed by atoms with Crippen LogP contribution in [-0.4, -0.2) is 60.5 Å². The fourth-order valence-corrected chi connectivity index (χ4v) is 6.20. The summed E-state index contributed by atoms with van der Waals surface area (Å²) in [5, 5.41) is 10.1. The molecule has 0 spiro atoms. The second-order valence-corrected chi connectivity index (χ2v) is 10.7. The summed E-state index contributed by atoms with van der Waals surface area (Å²) in [5.74, 6) is -0.421. The maximum absolute atomic E-state index is 14.2. The van der Waals surface area contributed by atoms with Crippen LogP contribution in [0.15, 0.2) is 24.3 Å². The van der Waals surface area contributed by atoms with E-state index in [1.54, 1.807) is 13.2 Å². The summed E-state index contributed by atoms with van der Waals surface area (Å²) >= 11 is 0. The topological polar surface area (TPSA) is 81.1 Å². The van der Waals surface area contributed by atoms with E-state index in [-0.39, 0.29) is 12.2 Å². The number of unbranched alkanes of at least 4 members (excludes halogenated alkanes) is 1. The number of methoxy groups -OCH3 is 1. The summed E-state index contributed by atoms with van der Waals surface area (Å²) in [6.07, 6.45) is 9.55. The number of likely N-dealkylation sites (tertiary alicyclic amines) is 1. The first-order valence-corrected chi connectivity index (χ1v) is 14.1. The Hall–Kier alpha value is -2.55. The molecule has 1 N–H and O–H groups in total. The lowest BCUT2D eigenvalue weighted by atomic mass is 9.94. The summed E-state index contributed by atoms with van der Waals surface area (Å²) in [5.41, 5.74) is 4.83. The molecule has 1 aromatic heterocycles. The Kier molecular flexibility index (Phi) is 8.92. The predicted molar refractivity (Wildman–Crippen MR) is 141 cm³/mol. The maximum atomic E-state index is 14.2. The lowest BCUT2D eigenvalue weighted by molar-refractivity contribution is -0.143. The molecule has 0 saturated carbocycles. The monoisotopic (exact) mass is 526 g/mol. The molecule has 2 saturated heterocycles. The van der Waals surface area contributed by atoms with Crippen LogP contribution in [0, 0.1) is 5.82 Å². The minimum atomic E-state index is -0.969. The largest absolute Gasteiger partial charge is 0.496 e. The summed E-state index contributed by atoms with van der Waals surface area (Å²) in [6, 6.07) is 5.62. The van der Waals surface area contributed by atoms with E-state index in [1.165, 1.54) is 36.2 Å². The van der Waals surface area contributed by atoms with Crippen molar-refractivity contribution in [2.75, 3.05) is 33.4 Å². The van der Waals surface area contributed by atoms with Crippen molar-refractivity contribution >= 4 is 5.97 Å². The van der Waals surface area contributed by atoms with Gasteiger partial charge < -0.3 is 19.3 Å². The van der Waals surface area contributed by atoms with Crippen LogP contribution in [0.4, 0.5) is 4.39 Å². The zero-order chi connectivity index (χ0) is 26.5. The third-order valence-electron chi connectivity index (χ3n) is 8.11. The molecule has 0 radical (unpaired) electrons. The van der Waals surface area contributed by atoms with Gasteiger partial charge in [0.1, 0.15) is 17.6 Å². The first-order chi connectivity index (χ1) is 18.5. The second-order valence-electron chi connectivity index (χ2n) is 10.7. The van der Waals surface area contributed by atoms with E-state index in [1.807, 2.05) is 4.90 Å². The van der Waals surface area contributed by atoms with Gasteiger partial charge >= 0.3 is 5.97 Å². The van der Waals surface area contributed by atoms with Crippen LogP contribution in [0.3, 0.4) is 0 Å². The third-order valence-corrected chi connectivity index (χ3v) is 8.11. The number of aromatic nitrogens is 1. The van der Waals surface area contributed by atoms with Gasteiger partial charge in [0, 0.05) is 49.3 Å². The third kappa shape index (κ3) is 6.19. The van der Waals surface area contributed by atoms with Gasteiger partial charge in [-0.3, -0.25) is 14.7 Å². The highest BCUT2D eigenvalue weighted by atomic mass is 19.1. The van der Waals surface area contributed by atoms with Crippen molar-refractivity contribution in [2.45, 2.75) is 82.5 Å².